The van der Waals surface area contributed by atoms with Crippen LogP contribution in [0.5, 0.6) is 11.5 Å². The van der Waals surface area contributed by atoms with Gasteiger partial charge in [0.05, 0.1) is 20.5 Å². The van der Waals surface area contributed by atoms with Gasteiger partial charge in [0.25, 0.3) is 0 Å². The van der Waals surface area contributed by atoms with Crippen molar-refractivity contribution in [2.24, 2.45) is 0 Å². The van der Waals surface area contributed by atoms with E-state index >= 15 is 0 Å². The standard InChI is InChI=1S/C18H22N2O5S/c1-20(26(4,22)23)17(13-8-6-5-7-9-13)18(21)19-14-10-11-15(24-2)16(12-14)25-3/h5-12,17H,1-4H3,(H,19,21)/t17-/m1/s1. The largest absolute Gasteiger partial charge is 0.493 e. The number of sulfonamides is 1. The molecule has 0 radical (unpaired) electrons. The Kier molecular flexibility index (Phi) is 6.23. The highest BCUT2D eigenvalue weighted by atomic mass is 32.2. The molecule has 2 aromatic rings. The van der Waals surface area contributed by atoms with Crippen molar-refractivity contribution in [2.45, 2.75) is 6.04 Å². The van der Waals surface area contributed by atoms with Gasteiger partial charge < -0.3 is 14.8 Å². The number of likely N-dealkylation sites (N-methyl/N-ethyl adjacent to an activating group) is 1. The molecule has 0 aromatic heterocycles. The van der Waals surface area contributed by atoms with Crippen molar-refractivity contribution in [3.05, 3.63) is 54.1 Å². The van der Waals surface area contributed by atoms with Gasteiger partial charge in [0, 0.05) is 18.8 Å². The molecule has 0 heterocycles. The van der Waals surface area contributed by atoms with Crippen LogP contribution in [0, 0.1) is 0 Å². The summed E-state index contributed by atoms with van der Waals surface area (Å²) < 4.78 is 35.4. The van der Waals surface area contributed by atoms with Gasteiger partial charge in [-0.15, -0.1) is 0 Å². The van der Waals surface area contributed by atoms with E-state index < -0.39 is 22.0 Å². The molecule has 0 fully saturated rings. The van der Waals surface area contributed by atoms with Gasteiger partial charge in [-0.2, -0.15) is 4.31 Å². The molecule has 0 aliphatic rings. The Hall–Kier alpha value is -2.58. The number of anilines is 1. The molecule has 1 N–H and O–H groups in total. The molecule has 0 aliphatic carbocycles. The predicted octanol–water partition coefficient (Wildman–Crippen LogP) is 2.28. The number of methoxy groups -OCH3 is 2. The molecule has 7 nitrogen and oxygen atoms in total. The average molecular weight is 378 g/mol. The van der Waals surface area contributed by atoms with Gasteiger partial charge in [0.1, 0.15) is 6.04 Å². The van der Waals surface area contributed by atoms with Gasteiger partial charge >= 0.3 is 0 Å². The van der Waals surface area contributed by atoms with Gasteiger partial charge in [0.2, 0.25) is 15.9 Å². The Morgan fingerprint density at radius 3 is 2.19 bits per heavy atom. The summed E-state index contributed by atoms with van der Waals surface area (Å²) in [7, 11) is 0.803. The first-order valence-corrected chi connectivity index (χ1v) is 9.63. The van der Waals surface area contributed by atoms with Gasteiger partial charge in [-0.1, -0.05) is 30.3 Å². The predicted molar refractivity (Wildman–Crippen MR) is 100.0 cm³/mol. The number of nitrogens with one attached hydrogen (secondary N) is 1. The van der Waals surface area contributed by atoms with Gasteiger partial charge in [-0.3, -0.25) is 4.79 Å². The maximum atomic E-state index is 12.9. The summed E-state index contributed by atoms with van der Waals surface area (Å²) in [6, 6.07) is 12.6. The monoisotopic (exact) mass is 378 g/mol. The second kappa shape index (κ2) is 8.20. The van der Waals surface area contributed by atoms with Crippen LogP contribution in [-0.4, -0.2) is 46.2 Å². The van der Waals surface area contributed by atoms with E-state index in [2.05, 4.69) is 5.32 Å². The highest BCUT2D eigenvalue weighted by Crippen LogP contribution is 2.31. The normalized spacial score (nSPS) is 12.5. The first-order valence-electron chi connectivity index (χ1n) is 7.78. The van der Waals surface area contributed by atoms with Gasteiger partial charge in [-0.05, 0) is 17.7 Å². The molecular weight excluding hydrogens is 356 g/mol. The quantitative estimate of drug-likeness (QED) is 0.799. The molecule has 0 saturated heterocycles. The molecule has 1 atom stereocenters. The lowest BCUT2D eigenvalue weighted by Crippen LogP contribution is -2.38. The molecule has 2 aromatic carbocycles. The molecule has 140 valence electrons. The third-order valence-electron chi connectivity index (χ3n) is 3.90. The number of nitrogens with zero attached hydrogens (tertiary/aromatic N) is 1. The molecule has 2 rings (SSSR count). The van der Waals surface area contributed by atoms with E-state index in [0.29, 0.717) is 22.7 Å². The van der Waals surface area contributed by atoms with Crippen molar-refractivity contribution in [3.63, 3.8) is 0 Å². The van der Waals surface area contributed by atoms with Crippen molar-refractivity contribution in [1.82, 2.24) is 4.31 Å². The number of carbonyl (C=O) groups is 1. The van der Waals surface area contributed by atoms with E-state index in [0.717, 1.165) is 10.6 Å². The zero-order valence-electron chi connectivity index (χ0n) is 15.1. The van der Waals surface area contributed by atoms with E-state index in [1.165, 1.54) is 21.3 Å². The number of ether oxygens (including phenoxy) is 2. The fourth-order valence-corrected chi connectivity index (χ4v) is 3.08. The summed E-state index contributed by atoms with van der Waals surface area (Å²) in [5.41, 5.74) is 1.04. The summed E-state index contributed by atoms with van der Waals surface area (Å²) in [6.07, 6.45) is 1.06. The fraction of sp³-hybridized carbons (Fsp3) is 0.278. The average Bonchev–Trinajstić information content (AvgIpc) is 2.61. The Morgan fingerprint density at radius 1 is 1.04 bits per heavy atom. The van der Waals surface area contributed by atoms with E-state index in [4.69, 9.17) is 9.47 Å². The maximum absolute atomic E-state index is 12.9. The minimum atomic E-state index is -3.58. The molecule has 0 saturated carbocycles. The van der Waals surface area contributed by atoms with Crippen LogP contribution in [0.2, 0.25) is 0 Å². The van der Waals surface area contributed by atoms with Crippen molar-refractivity contribution in [3.8, 4) is 11.5 Å². The Labute approximate surface area is 153 Å². The fourth-order valence-electron chi connectivity index (χ4n) is 2.48. The Morgan fingerprint density at radius 2 is 1.65 bits per heavy atom. The zero-order valence-corrected chi connectivity index (χ0v) is 15.9. The van der Waals surface area contributed by atoms with Crippen LogP contribution in [0.15, 0.2) is 48.5 Å². The molecule has 0 unspecified atom stereocenters. The minimum Gasteiger partial charge on any atom is -0.493 e. The van der Waals surface area contributed by atoms with E-state index in [9.17, 15) is 13.2 Å². The minimum absolute atomic E-state index is 0.457. The van der Waals surface area contributed by atoms with Crippen LogP contribution < -0.4 is 14.8 Å². The third kappa shape index (κ3) is 4.53. The first kappa shape index (κ1) is 19.7. The number of hydrogen-bond donors (Lipinski definition) is 1. The van der Waals surface area contributed by atoms with Crippen LogP contribution in [-0.2, 0) is 14.8 Å². The van der Waals surface area contributed by atoms with Crippen LogP contribution in [0.1, 0.15) is 11.6 Å². The summed E-state index contributed by atoms with van der Waals surface area (Å²) in [5, 5.41) is 2.74. The van der Waals surface area contributed by atoms with Crippen LogP contribution >= 0.6 is 0 Å². The Balaban J connectivity index is 2.36. The molecule has 26 heavy (non-hydrogen) atoms. The zero-order chi connectivity index (χ0) is 19.3. The van der Waals surface area contributed by atoms with Crippen LogP contribution in [0.3, 0.4) is 0 Å². The summed E-state index contributed by atoms with van der Waals surface area (Å²) in [5.74, 6) is 0.507. The van der Waals surface area contributed by atoms with E-state index in [1.54, 1.807) is 48.5 Å². The molecule has 1 amide bonds. The van der Waals surface area contributed by atoms with Gasteiger partial charge in [0.15, 0.2) is 11.5 Å². The highest BCUT2D eigenvalue weighted by molar-refractivity contribution is 7.88. The second-order valence-corrected chi connectivity index (χ2v) is 7.69. The number of rotatable bonds is 7. The summed E-state index contributed by atoms with van der Waals surface area (Å²) >= 11 is 0. The second-order valence-electron chi connectivity index (χ2n) is 5.65. The topological polar surface area (TPSA) is 84.9 Å². The van der Waals surface area contributed by atoms with Gasteiger partial charge in [-0.25, -0.2) is 8.42 Å². The molecule has 0 bridgehead atoms. The lowest BCUT2D eigenvalue weighted by Gasteiger charge is -2.25. The first-order chi connectivity index (χ1) is 12.3. The van der Waals surface area contributed by atoms with Crippen molar-refractivity contribution >= 4 is 21.6 Å². The molecule has 0 spiro atoms. The van der Waals surface area contributed by atoms with E-state index in [1.807, 2.05) is 0 Å². The lowest BCUT2D eigenvalue weighted by atomic mass is 10.1. The van der Waals surface area contributed by atoms with Crippen molar-refractivity contribution < 1.29 is 22.7 Å². The molecule has 0 aliphatic heterocycles. The summed E-state index contributed by atoms with van der Waals surface area (Å²) in [6.45, 7) is 0. The Bertz CT molecular complexity index is 868. The van der Waals surface area contributed by atoms with E-state index in [-0.39, 0.29) is 0 Å². The third-order valence-corrected chi connectivity index (χ3v) is 5.16. The number of amides is 1. The SMILES string of the molecule is COc1ccc(NC(=O)[C@@H](c2ccccc2)N(C)S(C)(=O)=O)cc1OC. The summed E-state index contributed by atoms with van der Waals surface area (Å²) in [4.78, 5) is 12.9. The van der Waals surface area contributed by atoms with Crippen LogP contribution in [0.4, 0.5) is 5.69 Å². The lowest BCUT2D eigenvalue weighted by molar-refractivity contribution is -0.119. The smallest absolute Gasteiger partial charge is 0.247 e. The maximum Gasteiger partial charge on any atom is 0.247 e. The number of carbonyl (C=O) groups excluding carboxylic acids is 1. The highest BCUT2D eigenvalue weighted by Gasteiger charge is 2.30. The van der Waals surface area contributed by atoms with Crippen molar-refractivity contribution in [2.75, 3.05) is 32.8 Å². The number of benzene rings is 2. The molecular formula is C18H22N2O5S. The van der Waals surface area contributed by atoms with Crippen LogP contribution in [0.25, 0.3) is 0 Å². The van der Waals surface area contributed by atoms with Crippen molar-refractivity contribution in [1.29, 1.82) is 0 Å². The number of hydrogen-bond acceptors (Lipinski definition) is 5. The molecule has 8 heteroatoms.